The van der Waals surface area contributed by atoms with Crippen LogP contribution in [-0.4, -0.2) is 5.78 Å². The molecule has 1 atom stereocenters. The van der Waals surface area contributed by atoms with Crippen LogP contribution in [0.1, 0.15) is 33.9 Å². The monoisotopic (exact) mass is 333 g/mol. The summed E-state index contributed by atoms with van der Waals surface area (Å²) in [5.41, 5.74) is 3.71. The summed E-state index contributed by atoms with van der Waals surface area (Å²) < 4.78 is 13.1. The number of nitrogens with one attached hydrogen (secondary N) is 1. The Kier molecular flexibility index (Phi) is 5.24. The molecule has 0 unspecified atom stereocenters. The van der Waals surface area contributed by atoms with Crippen LogP contribution in [0.25, 0.3) is 0 Å². The van der Waals surface area contributed by atoms with E-state index in [0.29, 0.717) is 12.0 Å². The van der Waals surface area contributed by atoms with Gasteiger partial charge in [0.2, 0.25) is 0 Å². The Morgan fingerprint density at radius 1 is 0.920 bits per heavy atom. The fraction of sp³-hybridized carbons (Fsp3) is 0.136. The molecule has 0 aliphatic heterocycles. The predicted octanol–water partition coefficient (Wildman–Crippen LogP) is 5.56. The minimum absolute atomic E-state index is 0.0199. The number of halogens is 1. The number of aryl methyl sites for hydroxylation is 1. The van der Waals surface area contributed by atoms with E-state index < -0.39 is 0 Å². The lowest BCUT2D eigenvalue weighted by atomic mass is 9.97. The molecule has 0 fully saturated rings. The van der Waals surface area contributed by atoms with Crippen LogP contribution < -0.4 is 5.32 Å². The number of carbonyl (C=O) groups is 1. The molecule has 2 nitrogen and oxygen atoms in total. The highest BCUT2D eigenvalue weighted by atomic mass is 19.1. The van der Waals surface area contributed by atoms with Crippen molar-refractivity contribution >= 4 is 11.5 Å². The summed E-state index contributed by atoms with van der Waals surface area (Å²) in [4.78, 5) is 12.6. The van der Waals surface area contributed by atoms with E-state index in [1.807, 2.05) is 61.5 Å². The lowest BCUT2D eigenvalue weighted by Gasteiger charge is -2.20. The van der Waals surface area contributed by atoms with Gasteiger partial charge in [-0.05, 0) is 48.9 Å². The van der Waals surface area contributed by atoms with Crippen molar-refractivity contribution in [1.29, 1.82) is 0 Å². The summed E-state index contributed by atoms with van der Waals surface area (Å²) in [6, 6.07) is 23.5. The molecule has 3 heteroatoms. The largest absolute Gasteiger partial charge is 0.378 e. The van der Waals surface area contributed by atoms with Crippen LogP contribution in [0, 0.1) is 12.7 Å². The molecule has 0 heterocycles. The zero-order valence-electron chi connectivity index (χ0n) is 14.1. The van der Waals surface area contributed by atoms with Crippen molar-refractivity contribution in [3.63, 3.8) is 0 Å². The van der Waals surface area contributed by atoms with Crippen molar-refractivity contribution < 1.29 is 9.18 Å². The molecule has 0 aliphatic carbocycles. The first-order chi connectivity index (χ1) is 12.1. The first kappa shape index (κ1) is 16.9. The molecular formula is C22H20FNO. The van der Waals surface area contributed by atoms with Crippen LogP contribution in [0.2, 0.25) is 0 Å². The molecule has 0 aliphatic rings. The van der Waals surface area contributed by atoms with Gasteiger partial charge in [0.05, 0.1) is 6.04 Å². The molecule has 0 radical (unpaired) electrons. The van der Waals surface area contributed by atoms with Gasteiger partial charge in [-0.2, -0.15) is 0 Å². The number of anilines is 1. The van der Waals surface area contributed by atoms with Gasteiger partial charge in [0.25, 0.3) is 0 Å². The van der Waals surface area contributed by atoms with Gasteiger partial charge in [-0.25, -0.2) is 4.39 Å². The molecule has 0 saturated carbocycles. The van der Waals surface area contributed by atoms with E-state index in [1.54, 1.807) is 0 Å². The maximum atomic E-state index is 13.1. The first-order valence-corrected chi connectivity index (χ1v) is 8.29. The zero-order valence-corrected chi connectivity index (χ0v) is 14.1. The van der Waals surface area contributed by atoms with Crippen LogP contribution in [0.3, 0.4) is 0 Å². The van der Waals surface area contributed by atoms with Crippen molar-refractivity contribution in [3.05, 3.63) is 101 Å². The number of carbonyl (C=O) groups excluding carboxylic acids is 1. The van der Waals surface area contributed by atoms with Crippen molar-refractivity contribution in [2.45, 2.75) is 19.4 Å². The van der Waals surface area contributed by atoms with Crippen molar-refractivity contribution in [2.75, 3.05) is 5.32 Å². The second kappa shape index (κ2) is 7.75. The molecule has 0 spiro atoms. The van der Waals surface area contributed by atoms with E-state index in [4.69, 9.17) is 0 Å². The van der Waals surface area contributed by atoms with Crippen molar-refractivity contribution in [3.8, 4) is 0 Å². The second-order valence-electron chi connectivity index (χ2n) is 6.11. The topological polar surface area (TPSA) is 29.1 Å². The summed E-state index contributed by atoms with van der Waals surface area (Å²) >= 11 is 0. The van der Waals surface area contributed by atoms with Crippen LogP contribution in [-0.2, 0) is 0 Å². The lowest BCUT2D eigenvalue weighted by Crippen LogP contribution is -2.15. The van der Waals surface area contributed by atoms with Crippen molar-refractivity contribution in [2.24, 2.45) is 0 Å². The molecule has 0 aromatic heterocycles. The Labute approximate surface area is 147 Å². The Balaban J connectivity index is 1.82. The van der Waals surface area contributed by atoms with Crippen LogP contribution in [0.5, 0.6) is 0 Å². The Morgan fingerprint density at radius 2 is 1.56 bits per heavy atom. The third-order valence-corrected chi connectivity index (χ3v) is 4.15. The molecule has 126 valence electrons. The highest BCUT2D eigenvalue weighted by Crippen LogP contribution is 2.24. The summed E-state index contributed by atoms with van der Waals surface area (Å²) in [6.07, 6.45) is 0.295. The maximum Gasteiger partial charge on any atom is 0.165 e. The quantitative estimate of drug-likeness (QED) is 0.598. The minimum Gasteiger partial charge on any atom is -0.378 e. The number of Topliss-reactive ketones (excluding diaryl/α,β-unsaturated/α-hetero) is 1. The average Bonchev–Trinajstić information content (AvgIpc) is 2.64. The van der Waals surface area contributed by atoms with E-state index in [0.717, 1.165) is 11.3 Å². The van der Waals surface area contributed by atoms with E-state index in [2.05, 4.69) is 5.32 Å². The van der Waals surface area contributed by atoms with Crippen LogP contribution in [0.15, 0.2) is 78.9 Å². The lowest BCUT2D eigenvalue weighted by molar-refractivity contribution is 0.0976. The van der Waals surface area contributed by atoms with Gasteiger partial charge in [0.15, 0.2) is 5.78 Å². The van der Waals surface area contributed by atoms with Gasteiger partial charge >= 0.3 is 0 Å². The molecule has 25 heavy (non-hydrogen) atoms. The molecule has 0 amide bonds. The Bertz CT molecular complexity index is 826. The highest BCUT2D eigenvalue weighted by molar-refractivity contribution is 5.96. The highest BCUT2D eigenvalue weighted by Gasteiger charge is 2.17. The first-order valence-electron chi connectivity index (χ1n) is 8.29. The van der Waals surface area contributed by atoms with E-state index in [1.165, 1.54) is 29.8 Å². The summed E-state index contributed by atoms with van der Waals surface area (Å²) in [6.45, 7) is 2.04. The molecular weight excluding hydrogens is 313 g/mol. The van der Waals surface area contributed by atoms with Gasteiger partial charge in [0, 0.05) is 17.7 Å². The zero-order chi connectivity index (χ0) is 17.6. The standard InChI is InChI=1S/C22H20FNO/c1-16-7-13-20(14-8-16)24-21(17-5-3-2-4-6-17)15-22(25)18-9-11-19(23)12-10-18/h2-14,21,24H,15H2,1H3/t21-/m1/s1. The smallest absolute Gasteiger partial charge is 0.165 e. The second-order valence-corrected chi connectivity index (χ2v) is 6.11. The normalized spacial score (nSPS) is 11.8. The van der Waals surface area contributed by atoms with Crippen LogP contribution >= 0.6 is 0 Å². The van der Waals surface area contributed by atoms with E-state index in [-0.39, 0.29) is 17.6 Å². The third-order valence-electron chi connectivity index (χ3n) is 4.15. The number of hydrogen-bond donors (Lipinski definition) is 1. The molecule has 3 aromatic carbocycles. The third kappa shape index (κ3) is 4.54. The molecule has 0 bridgehead atoms. The van der Waals surface area contributed by atoms with Crippen LogP contribution in [0.4, 0.5) is 10.1 Å². The summed E-state index contributed by atoms with van der Waals surface area (Å²) in [5.74, 6) is -0.359. The number of benzene rings is 3. The molecule has 3 aromatic rings. The molecule has 0 saturated heterocycles. The van der Waals surface area contributed by atoms with Crippen molar-refractivity contribution in [1.82, 2.24) is 0 Å². The maximum absolute atomic E-state index is 13.1. The van der Waals surface area contributed by atoms with E-state index in [9.17, 15) is 9.18 Å². The Hall–Kier alpha value is -2.94. The van der Waals surface area contributed by atoms with Gasteiger partial charge in [-0.3, -0.25) is 4.79 Å². The fourth-order valence-electron chi connectivity index (χ4n) is 2.73. The van der Waals surface area contributed by atoms with E-state index >= 15 is 0 Å². The Morgan fingerprint density at radius 3 is 2.20 bits per heavy atom. The average molecular weight is 333 g/mol. The number of rotatable bonds is 6. The van der Waals surface area contributed by atoms with Gasteiger partial charge in [-0.15, -0.1) is 0 Å². The molecule has 3 rings (SSSR count). The number of hydrogen-bond acceptors (Lipinski definition) is 2. The molecule has 1 N–H and O–H groups in total. The number of ketones is 1. The summed E-state index contributed by atoms with van der Waals surface area (Å²) in [5, 5.41) is 3.44. The van der Waals surface area contributed by atoms with Gasteiger partial charge in [0.1, 0.15) is 5.82 Å². The minimum atomic E-state index is -0.339. The van der Waals surface area contributed by atoms with Gasteiger partial charge < -0.3 is 5.32 Å². The SMILES string of the molecule is Cc1ccc(N[C@H](CC(=O)c2ccc(F)cc2)c2ccccc2)cc1. The predicted molar refractivity (Wildman–Crippen MR) is 99.3 cm³/mol. The summed E-state index contributed by atoms with van der Waals surface area (Å²) in [7, 11) is 0. The fourth-order valence-corrected chi connectivity index (χ4v) is 2.73. The van der Waals surface area contributed by atoms with Gasteiger partial charge in [-0.1, -0.05) is 48.0 Å².